The fourth-order valence-electron chi connectivity index (χ4n) is 3.38. The Kier molecular flexibility index (Phi) is 7.30. The molecule has 8 heteroatoms. The van der Waals surface area contributed by atoms with Crippen LogP contribution >= 0.6 is 24.0 Å². The van der Waals surface area contributed by atoms with E-state index in [0.29, 0.717) is 26.4 Å². The molecule has 0 atom stereocenters. The van der Waals surface area contributed by atoms with Crippen LogP contribution in [0.5, 0.6) is 11.5 Å². The molecule has 2 amide bonds. The molecule has 6 nitrogen and oxygen atoms in total. The van der Waals surface area contributed by atoms with Gasteiger partial charge in [-0.3, -0.25) is 14.5 Å². The van der Waals surface area contributed by atoms with E-state index in [0.717, 1.165) is 16.8 Å². The normalized spacial score (nSPS) is 14.4. The van der Waals surface area contributed by atoms with E-state index >= 15 is 0 Å². The number of rotatable bonds is 7. The van der Waals surface area contributed by atoms with Crippen LogP contribution in [0.4, 0.5) is 11.4 Å². The lowest BCUT2D eigenvalue weighted by Crippen LogP contribution is -2.27. The van der Waals surface area contributed by atoms with E-state index in [1.807, 2.05) is 61.5 Å². The van der Waals surface area contributed by atoms with Crippen molar-refractivity contribution in [3.05, 3.63) is 88.8 Å². The molecule has 1 saturated heterocycles. The van der Waals surface area contributed by atoms with Gasteiger partial charge in [0.15, 0.2) is 22.4 Å². The van der Waals surface area contributed by atoms with E-state index in [-0.39, 0.29) is 18.4 Å². The number of anilines is 2. The second kappa shape index (κ2) is 10.5. The van der Waals surface area contributed by atoms with Gasteiger partial charge in [-0.15, -0.1) is 0 Å². The summed E-state index contributed by atoms with van der Waals surface area (Å²) >= 11 is 6.67. The third kappa shape index (κ3) is 5.47. The lowest BCUT2D eigenvalue weighted by molar-refractivity contribution is -0.118. The number of nitrogens with zero attached hydrogens (tertiary/aromatic N) is 1. The average Bonchev–Trinajstić information content (AvgIpc) is 3.11. The maximum Gasteiger partial charge on any atom is 0.270 e. The number of amides is 2. The summed E-state index contributed by atoms with van der Waals surface area (Å²) in [6.45, 7) is 1.79. The third-order valence-electron chi connectivity index (χ3n) is 4.95. The molecule has 0 unspecified atom stereocenters. The Morgan fingerprint density at radius 1 is 1.06 bits per heavy atom. The first kappa shape index (κ1) is 23.5. The summed E-state index contributed by atoms with van der Waals surface area (Å²) in [5.41, 5.74) is 3.25. The minimum Gasteiger partial charge on any atom is -0.493 e. The van der Waals surface area contributed by atoms with Crippen molar-refractivity contribution in [2.24, 2.45) is 0 Å². The van der Waals surface area contributed by atoms with Crippen molar-refractivity contribution in [3.8, 4) is 11.5 Å². The van der Waals surface area contributed by atoms with Crippen molar-refractivity contribution in [2.75, 3.05) is 23.9 Å². The predicted molar refractivity (Wildman–Crippen MR) is 140 cm³/mol. The minimum atomic E-state index is -0.277. The summed E-state index contributed by atoms with van der Waals surface area (Å²) < 4.78 is 11.6. The van der Waals surface area contributed by atoms with Crippen molar-refractivity contribution >= 4 is 57.6 Å². The van der Waals surface area contributed by atoms with E-state index in [4.69, 9.17) is 21.7 Å². The van der Waals surface area contributed by atoms with Gasteiger partial charge in [-0.25, -0.2) is 0 Å². The van der Waals surface area contributed by atoms with Crippen LogP contribution in [-0.4, -0.2) is 29.9 Å². The van der Waals surface area contributed by atoms with Gasteiger partial charge in [-0.2, -0.15) is 0 Å². The molecule has 3 aromatic carbocycles. The number of thiocarbonyl (C=S) groups is 1. The zero-order valence-corrected chi connectivity index (χ0v) is 20.2. The van der Waals surface area contributed by atoms with Gasteiger partial charge in [-0.1, -0.05) is 60.4 Å². The molecule has 1 aliphatic rings. The van der Waals surface area contributed by atoms with Gasteiger partial charge in [-0.05, 0) is 60.5 Å². The third-order valence-corrected chi connectivity index (χ3v) is 6.26. The Labute approximate surface area is 207 Å². The number of benzene rings is 3. The number of thioether (sulfide) groups is 1. The Morgan fingerprint density at radius 3 is 2.59 bits per heavy atom. The Bertz CT molecular complexity index is 1270. The second-order valence-electron chi connectivity index (χ2n) is 7.47. The summed E-state index contributed by atoms with van der Waals surface area (Å²) in [5, 5.41) is 2.81. The molecule has 0 radical (unpaired) electrons. The van der Waals surface area contributed by atoms with Crippen LogP contribution in [0.25, 0.3) is 6.08 Å². The van der Waals surface area contributed by atoms with E-state index in [2.05, 4.69) is 5.32 Å². The zero-order valence-electron chi connectivity index (χ0n) is 18.6. The second-order valence-corrected chi connectivity index (χ2v) is 9.15. The van der Waals surface area contributed by atoms with Crippen LogP contribution in [0.2, 0.25) is 0 Å². The number of aryl methyl sites for hydroxylation is 1. The minimum absolute atomic E-state index is 0.167. The lowest BCUT2D eigenvalue weighted by atomic mass is 10.2. The number of carbonyl (C=O) groups is 2. The average molecular weight is 491 g/mol. The molecule has 0 aromatic heterocycles. The van der Waals surface area contributed by atoms with E-state index in [9.17, 15) is 9.59 Å². The molecular weight excluding hydrogens is 468 g/mol. The molecule has 0 bridgehead atoms. The molecule has 34 heavy (non-hydrogen) atoms. The van der Waals surface area contributed by atoms with Gasteiger partial charge in [0.25, 0.3) is 11.8 Å². The number of hydrogen-bond acceptors (Lipinski definition) is 6. The number of nitrogens with one attached hydrogen (secondary N) is 1. The molecule has 172 valence electrons. The largest absolute Gasteiger partial charge is 0.493 e. The number of methoxy groups -OCH3 is 1. The molecule has 1 N–H and O–H groups in total. The van der Waals surface area contributed by atoms with Crippen LogP contribution in [0.1, 0.15) is 11.1 Å². The SMILES string of the molecule is COc1cc(/C=C2\SC(=S)N(c3ccccc3)C2=O)ccc1OCC(=O)Nc1cccc(C)c1. The number of hydrogen-bond donors (Lipinski definition) is 1. The Balaban J connectivity index is 1.45. The lowest BCUT2D eigenvalue weighted by Gasteiger charge is -2.14. The quantitative estimate of drug-likeness (QED) is 0.352. The number of ether oxygens (including phenoxy) is 2. The van der Waals surface area contributed by atoms with Crippen LogP contribution in [0.15, 0.2) is 77.7 Å². The van der Waals surface area contributed by atoms with Crippen molar-refractivity contribution in [2.45, 2.75) is 6.92 Å². The summed E-state index contributed by atoms with van der Waals surface area (Å²) in [5.74, 6) is 0.432. The van der Waals surface area contributed by atoms with Crippen LogP contribution in [0.3, 0.4) is 0 Å². The Morgan fingerprint density at radius 2 is 1.85 bits per heavy atom. The van der Waals surface area contributed by atoms with Crippen molar-refractivity contribution in [1.29, 1.82) is 0 Å². The maximum atomic E-state index is 12.9. The molecule has 4 rings (SSSR count). The van der Waals surface area contributed by atoms with Crippen molar-refractivity contribution in [3.63, 3.8) is 0 Å². The van der Waals surface area contributed by atoms with Gasteiger partial charge in [0, 0.05) is 5.69 Å². The first-order valence-electron chi connectivity index (χ1n) is 10.4. The van der Waals surface area contributed by atoms with E-state index in [1.165, 1.54) is 23.8 Å². The molecule has 3 aromatic rings. The summed E-state index contributed by atoms with van der Waals surface area (Å²) in [4.78, 5) is 27.2. The summed E-state index contributed by atoms with van der Waals surface area (Å²) in [6.07, 6.45) is 1.76. The van der Waals surface area contributed by atoms with Gasteiger partial charge >= 0.3 is 0 Å². The maximum absolute atomic E-state index is 12.9. The highest BCUT2D eigenvalue weighted by molar-refractivity contribution is 8.27. The molecular formula is C26H22N2O4S2. The fourth-order valence-corrected chi connectivity index (χ4v) is 4.67. The predicted octanol–water partition coefficient (Wildman–Crippen LogP) is 5.43. The molecule has 1 heterocycles. The zero-order chi connectivity index (χ0) is 24.1. The van der Waals surface area contributed by atoms with Crippen LogP contribution in [-0.2, 0) is 9.59 Å². The topological polar surface area (TPSA) is 67.9 Å². The standard InChI is InChI=1S/C26H22N2O4S2/c1-17-7-6-8-19(13-17)27-24(29)16-32-21-12-11-18(14-22(21)31-2)15-23-25(30)28(26(33)34-23)20-9-4-3-5-10-20/h3-15H,16H2,1-2H3,(H,27,29)/b23-15-. The van der Waals surface area contributed by atoms with Crippen molar-refractivity contribution in [1.82, 2.24) is 0 Å². The smallest absolute Gasteiger partial charge is 0.270 e. The van der Waals surface area contributed by atoms with E-state index < -0.39 is 0 Å². The van der Waals surface area contributed by atoms with E-state index in [1.54, 1.807) is 24.3 Å². The summed E-state index contributed by atoms with van der Waals surface area (Å²) in [6, 6.07) is 22.1. The first-order valence-corrected chi connectivity index (χ1v) is 11.7. The molecule has 0 saturated carbocycles. The van der Waals surface area contributed by atoms with Gasteiger partial charge < -0.3 is 14.8 Å². The van der Waals surface area contributed by atoms with Crippen LogP contribution in [0, 0.1) is 6.92 Å². The highest BCUT2D eigenvalue weighted by Crippen LogP contribution is 2.37. The molecule has 1 fully saturated rings. The monoisotopic (exact) mass is 490 g/mol. The first-order chi connectivity index (χ1) is 16.4. The summed E-state index contributed by atoms with van der Waals surface area (Å²) in [7, 11) is 1.52. The molecule has 1 aliphatic heterocycles. The highest BCUT2D eigenvalue weighted by Gasteiger charge is 2.33. The van der Waals surface area contributed by atoms with Gasteiger partial charge in [0.05, 0.1) is 17.7 Å². The molecule has 0 aliphatic carbocycles. The fraction of sp³-hybridized carbons (Fsp3) is 0.115. The number of para-hydroxylation sites is 1. The number of carbonyl (C=O) groups excluding carboxylic acids is 2. The highest BCUT2D eigenvalue weighted by atomic mass is 32.2. The molecule has 0 spiro atoms. The van der Waals surface area contributed by atoms with Gasteiger partial charge in [0.2, 0.25) is 0 Å². The van der Waals surface area contributed by atoms with Gasteiger partial charge in [0.1, 0.15) is 0 Å². The van der Waals surface area contributed by atoms with Crippen molar-refractivity contribution < 1.29 is 19.1 Å². The van der Waals surface area contributed by atoms with Crippen LogP contribution < -0.4 is 19.7 Å². The Hall–Kier alpha value is -3.62.